The van der Waals surface area contributed by atoms with Gasteiger partial charge in [-0.1, -0.05) is 29.4 Å². The van der Waals surface area contributed by atoms with E-state index in [9.17, 15) is 10.1 Å². The van der Waals surface area contributed by atoms with Crippen LogP contribution in [0.15, 0.2) is 29.4 Å². The summed E-state index contributed by atoms with van der Waals surface area (Å²) in [5, 5.41) is 11.6. The summed E-state index contributed by atoms with van der Waals surface area (Å²) in [5.41, 5.74) is 0.715. The lowest BCUT2D eigenvalue weighted by Gasteiger charge is -2.07. The maximum Gasteiger partial charge on any atom is 0.311 e. The van der Waals surface area contributed by atoms with Crippen molar-refractivity contribution in [3.05, 3.63) is 45.1 Å². The van der Waals surface area contributed by atoms with Crippen molar-refractivity contribution in [2.24, 2.45) is 0 Å². The number of hydrogen-bond acceptors (Lipinski definition) is 6. The average molecular weight is 312 g/mol. The van der Waals surface area contributed by atoms with Gasteiger partial charge in [0.15, 0.2) is 5.16 Å². The van der Waals surface area contributed by atoms with Crippen LogP contribution in [-0.4, -0.2) is 21.1 Å². The smallest absolute Gasteiger partial charge is 0.311 e. The molecule has 6 nitrogen and oxygen atoms in total. The average Bonchev–Trinajstić information content (AvgIpc) is 2.37. The summed E-state index contributed by atoms with van der Waals surface area (Å²) in [5.74, 6) is 0.292. The molecule has 104 valence electrons. The number of aryl methyl sites for hydroxylation is 1. The van der Waals surface area contributed by atoms with Gasteiger partial charge in [0.25, 0.3) is 0 Å². The summed E-state index contributed by atoms with van der Waals surface area (Å²) in [4.78, 5) is 18.5. The van der Waals surface area contributed by atoms with Crippen LogP contribution < -0.4 is 4.74 Å². The maximum atomic E-state index is 11.0. The SMILES string of the molecule is CSc1nc(Cl)cc(Oc2cc(C)ccc2[N+](=O)[O-])n1. The fourth-order valence-corrected chi connectivity index (χ4v) is 2.08. The third kappa shape index (κ3) is 3.37. The first kappa shape index (κ1) is 14.5. The predicted molar refractivity (Wildman–Crippen MR) is 76.7 cm³/mol. The Morgan fingerprint density at radius 1 is 1.35 bits per heavy atom. The summed E-state index contributed by atoms with van der Waals surface area (Å²) in [6.45, 7) is 1.82. The molecule has 0 amide bonds. The van der Waals surface area contributed by atoms with E-state index in [1.807, 2.05) is 6.92 Å². The first-order valence-corrected chi connectivity index (χ1v) is 7.11. The van der Waals surface area contributed by atoms with Gasteiger partial charge in [0.1, 0.15) is 5.15 Å². The topological polar surface area (TPSA) is 78.2 Å². The summed E-state index contributed by atoms with van der Waals surface area (Å²) in [7, 11) is 0. The van der Waals surface area contributed by atoms with E-state index < -0.39 is 4.92 Å². The fraction of sp³-hybridized carbons (Fsp3) is 0.167. The first-order valence-electron chi connectivity index (χ1n) is 5.51. The molecule has 2 aromatic rings. The summed E-state index contributed by atoms with van der Waals surface area (Å²) < 4.78 is 5.48. The summed E-state index contributed by atoms with van der Waals surface area (Å²) >= 11 is 7.15. The van der Waals surface area contributed by atoms with Crippen molar-refractivity contribution in [3.8, 4) is 11.6 Å². The fourth-order valence-electron chi connectivity index (χ4n) is 1.49. The van der Waals surface area contributed by atoms with Gasteiger partial charge < -0.3 is 4.74 Å². The minimum Gasteiger partial charge on any atom is -0.432 e. The number of thioether (sulfide) groups is 1. The lowest BCUT2D eigenvalue weighted by atomic mass is 10.2. The molecule has 0 unspecified atom stereocenters. The van der Waals surface area contributed by atoms with Crippen molar-refractivity contribution in [2.75, 3.05) is 6.26 Å². The van der Waals surface area contributed by atoms with E-state index in [0.717, 1.165) is 5.56 Å². The molecule has 8 heteroatoms. The number of benzene rings is 1. The van der Waals surface area contributed by atoms with Crippen LogP contribution in [0, 0.1) is 17.0 Å². The van der Waals surface area contributed by atoms with Gasteiger partial charge in [-0.2, -0.15) is 4.98 Å². The predicted octanol–water partition coefficient (Wildman–Crippen LogP) is 3.86. The normalized spacial score (nSPS) is 10.3. The molecule has 20 heavy (non-hydrogen) atoms. The van der Waals surface area contributed by atoms with Gasteiger partial charge in [-0.15, -0.1) is 0 Å². The molecule has 0 N–H and O–H groups in total. The van der Waals surface area contributed by atoms with Crippen molar-refractivity contribution in [3.63, 3.8) is 0 Å². The molecular weight excluding hydrogens is 302 g/mol. The van der Waals surface area contributed by atoms with E-state index in [2.05, 4.69) is 9.97 Å². The van der Waals surface area contributed by atoms with Crippen molar-refractivity contribution in [1.82, 2.24) is 9.97 Å². The van der Waals surface area contributed by atoms with Crippen LogP contribution in [0.5, 0.6) is 11.6 Å². The molecule has 2 rings (SSSR count). The Morgan fingerprint density at radius 2 is 2.10 bits per heavy atom. The molecule has 0 aliphatic rings. The molecule has 1 heterocycles. The van der Waals surface area contributed by atoms with Crippen LogP contribution in [0.4, 0.5) is 5.69 Å². The monoisotopic (exact) mass is 311 g/mol. The van der Waals surface area contributed by atoms with Crippen LogP contribution in [-0.2, 0) is 0 Å². The van der Waals surface area contributed by atoms with E-state index >= 15 is 0 Å². The Bertz CT molecular complexity index is 666. The maximum absolute atomic E-state index is 11.0. The second-order valence-electron chi connectivity index (χ2n) is 3.85. The number of ether oxygens (including phenoxy) is 1. The molecule has 1 aromatic heterocycles. The minimum atomic E-state index is -0.507. The zero-order chi connectivity index (χ0) is 14.7. The number of rotatable bonds is 4. The highest BCUT2D eigenvalue weighted by molar-refractivity contribution is 7.98. The van der Waals surface area contributed by atoms with Crippen molar-refractivity contribution in [2.45, 2.75) is 12.1 Å². The Balaban J connectivity index is 2.41. The number of halogens is 1. The number of aromatic nitrogens is 2. The molecule has 0 saturated heterocycles. The minimum absolute atomic E-state index is 0.122. The van der Waals surface area contributed by atoms with Crippen LogP contribution in [0.1, 0.15) is 5.56 Å². The Morgan fingerprint density at radius 3 is 2.75 bits per heavy atom. The Hall–Kier alpha value is -1.86. The van der Waals surface area contributed by atoms with Crippen LogP contribution in [0.2, 0.25) is 5.15 Å². The highest BCUT2D eigenvalue weighted by Crippen LogP contribution is 2.32. The highest BCUT2D eigenvalue weighted by Gasteiger charge is 2.17. The molecular formula is C12H10ClN3O3S. The van der Waals surface area contributed by atoms with E-state index in [4.69, 9.17) is 16.3 Å². The van der Waals surface area contributed by atoms with E-state index in [1.165, 1.54) is 23.9 Å². The van der Waals surface area contributed by atoms with Crippen LogP contribution in [0.25, 0.3) is 0 Å². The Labute approximate surface area is 124 Å². The molecule has 0 radical (unpaired) electrons. The van der Waals surface area contributed by atoms with E-state index in [1.54, 1.807) is 18.4 Å². The summed E-state index contributed by atoms with van der Waals surface area (Å²) in [6.07, 6.45) is 1.80. The van der Waals surface area contributed by atoms with E-state index in [-0.39, 0.29) is 22.5 Å². The standard InChI is InChI=1S/C12H10ClN3O3S/c1-7-3-4-8(16(17)18)9(5-7)19-11-6-10(13)14-12(15-11)20-2/h3-6H,1-2H3. The zero-order valence-electron chi connectivity index (χ0n) is 10.7. The van der Waals surface area contributed by atoms with Gasteiger partial charge in [-0.05, 0) is 24.8 Å². The van der Waals surface area contributed by atoms with Crippen molar-refractivity contribution in [1.29, 1.82) is 0 Å². The third-order valence-corrected chi connectivity index (χ3v) is 3.10. The molecule has 0 fully saturated rings. The molecule has 1 aromatic carbocycles. The molecule has 0 atom stereocenters. The van der Waals surface area contributed by atoms with Gasteiger partial charge in [-0.3, -0.25) is 10.1 Å². The molecule has 0 bridgehead atoms. The number of nitro groups is 1. The van der Waals surface area contributed by atoms with Gasteiger partial charge in [0.05, 0.1) is 4.92 Å². The molecule has 0 spiro atoms. The van der Waals surface area contributed by atoms with Crippen LogP contribution >= 0.6 is 23.4 Å². The second-order valence-corrected chi connectivity index (χ2v) is 5.01. The first-order chi connectivity index (χ1) is 9.49. The Kier molecular flexibility index (Phi) is 4.41. The summed E-state index contributed by atoms with van der Waals surface area (Å²) in [6, 6.07) is 6.02. The number of nitrogens with zero attached hydrogens (tertiary/aromatic N) is 3. The molecule has 0 aliphatic heterocycles. The van der Waals surface area contributed by atoms with Gasteiger partial charge in [-0.25, -0.2) is 4.98 Å². The number of hydrogen-bond donors (Lipinski definition) is 0. The highest BCUT2D eigenvalue weighted by atomic mass is 35.5. The third-order valence-electron chi connectivity index (χ3n) is 2.36. The van der Waals surface area contributed by atoms with Crippen molar-refractivity contribution >= 4 is 29.1 Å². The number of nitro benzene ring substituents is 1. The zero-order valence-corrected chi connectivity index (χ0v) is 12.2. The van der Waals surface area contributed by atoms with Crippen molar-refractivity contribution < 1.29 is 9.66 Å². The van der Waals surface area contributed by atoms with Gasteiger partial charge in [0, 0.05) is 12.1 Å². The second kappa shape index (κ2) is 6.06. The lowest BCUT2D eigenvalue weighted by molar-refractivity contribution is -0.385. The quantitative estimate of drug-likeness (QED) is 0.280. The lowest BCUT2D eigenvalue weighted by Crippen LogP contribution is -1.97. The van der Waals surface area contributed by atoms with Crippen LogP contribution in [0.3, 0.4) is 0 Å². The molecule has 0 aliphatic carbocycles. The molecule has 0 saturated carbocycles. The van der Waals surface area contributed by atoms with Gasteiger partial charge in [0.2, 0.25) is 11.6 Å². The van der Waals surface area contributed by atoms with E-state index in [0.29, 0.717) is 5.16 Å². The van der Waals surface area contributed by atoms with Gasteiger partial charge >= 0.3 is 5.69 Å². The largest absolute Gasteiger partial charge is 0.432 e.